The summed E-state index contributed by atoms with van der Waals surface area (Å²) >= 11 is 1.66. The second-order valence-electron chi connectivity index (χ2n) is 7.54. The maximum absolute atomic E-state index is 13.1. The fraction of sp³-hybridized carbons (Fsp3) is 0.120. The summed E-state index contributed by atoms with van der Waals surface area (Å²) < 4.78 is 7.54. The van der Waals surface area contributed by atoms with Gasteiger partial charge in [0.15, 0.2) is 5.65 Å². The van der Waals surface area contributed by atoms with Crippen molar-refractivity contribution in [2.24, 2.45) is 0 Å². The van der Waals surface area contributed by atoms with Crippen molar-refractivity contribution in [1.82, 2.24) is 19.7 Å². The number of nitrogens with one attached hydrogen (secondary N) is 1. The van der Waals surface area contributed by atoms with E-state index in [1.807, 2.05) is 53.4 Å². The van der Waals surface area contributed by atoms with E-state index in [9.17, 15) is 4.79 Å². The average Bonchev–Trinajstić information content (AvgIpc) is 3.49. The molecule has 164 valence electrons. The molecule has 1 amide bonds. The second kappa shape index (κ2) is 9.22. The van der Waals surface area contributed by atoms with Crippen LogP contribution in [0.1, 0.15) is 26.5 Å². The highest BCUT2D eigenvalue weighted by atomic mass is 32.1. The number of nitrogens with zero attached hydrogens (tertiary/aromatic N) is 4. The van der Waals surface area contributed by atoms with Crippen LogP contribution in [-0.4, -0.2) is 25.7 Å². The minimum absolute atomic E-state index is 0.235. The molecule has 0 saturated carbocycles. The number of benzene rings is 1. The van der Waals surface area contributed by atoms with Gasteiger partial charge in [-0.25, -0.2) is 14.6 Å². The van der Waals surface area contributed by atoms with E-state index in [1.54, 1.807) is 41.9 Å². The lowest BCUT2D eigenvalue weighted by Crippen LogP contribution is -2.13. The van der Waals surface area contributed by atoms with Crippen LogP contribution in [0, 0.1) is 6.92 Å². The molecule has 0 aliphatic heterocycles. The van der Waals surface area contributed by atoms with Gasteiger partial charge in [-0.05, 0) is 36.1 Å². The van der Waals surface area contributed by atoms with Gasteiger partial charge in [0, 0.05) is 16.6 Å². The highest BCUT2D eigenvalue weighted by molar-refractivity contribution is 7.09. The summed E-state index contributed by atoms with van der Waals surface area (Å²) in [5.41, 5.74) is 3.62. The van der Waals surface area contributed by atoms with E-state index in [0.29, 0.717) is 41.3 Å². The van der Waals surface area contributed by atoms with Crippen molar-refractivity contribution in [3.63, 3.8) is 0 Å². The smallest absolute Gasteiger partial charge is 0.256 e. The topological polar surface area (TPSA) is 81.9 Å². The fourth-order valence-corrected chi connectivity index (χ4v) is 4.18. The number of hydrogen-bond acceptors (Lipinski definition) is 6. The molecule has 33 heavy (non-hydrogen) atoms. The van der Waals surface area contributed by atoms with Crippen LogP contribution in [0.5, 0.6) is 5.88 Å². The molecule has 4 heterocycles. The van der Waals surface area contributed by atoms with Gasteiger partial charge in [-0.15, -0.1) is 11.3 Å². The zero-order chi connectivity index (χ0) is 22.6. The summed E-state index contributed by atoms with van der Waals surface area (Å²) in [5.74, 6) is 0.259. The van der Waals surface area contributed by atoms with E-state index in [4.69, 9.17) is 4.74 Å². The molecule has 1 aromatic carbocycles. The Morgan fingerprint density at radius 2 is 1.97 bits per heavy atom. The number of amides is 1. The molecule has 0 fully saturated rings. The molecular formula is C25H21N5O2S. The van der Waals surface area contributed by atoms with Crippen molar-refractivity contribution < 1.29 is 9.53 Å². The van der Waals surface area contributed by atoms with E-state index < -0.39 is 0 Å². The van der Waals surface area contributed by atoms with E-state index in [-0.39, 0.29) is 5.91 Å². The lowest BCUT2D eigenvalue weighted by atomic mass is 10.1. The molecule has 5 aromatic rings. The van der Waals surface area contributed by atoms with Gasteiger partial charge < -0.3 is 10.1 Å². The van der Waals surface area contributed by atoms with Gasteiger partial charge in [-0.2, -0.15) is 5.10 Å². The monoisotopic (exact) mass is 455 g/mol. The lowest BCUT2D eigenvalue weighted by molar-refractivity contribution is 0.102. The first kappa shape index (κ1) is 20.8. The number of thiophene rings is 1. The van der Waals surface area contributed by atoms with Gasteiger partial charge >= 0.3 is 0 Å². The van der Waals surface area contributed by atoms with Crippen LogP contribution in [0.4, 0.5) is 5.69 Å². The number of anilines is 1. The van der Waals surface area contributed by atoms with E-state index in [1.165, 1.54) is 4.88 Å². The summed E-state index contributed by atoms with van der Waals surface area (Å²) in [6.45, 7) is 2.93. The Hall–Kier alpha value is -4.04. The Balaban J connectivity index is 1.31. The predicted octanol–water partition coefficient (Wildman–Crippen LogP) is 5.08. The first-order valence-electron chi connectivity index (χ1n) is 10.5. The van der Waals surface area contributed by atoms with Gasteiger partial charge in [-0.1, -0.05) is 36.4 Å². The molecule has 8 heteroatoms. The Morgan fingerprint density at radius 3 is 2.73 bits per heavy atom. The SMILES string of the molecule is Cc1cc(C(=O)Nc2ccc(OCc3ccccc3)nc2)c2cnn(Cc3cccs3)c2n1. The average molecular weight is 456 g/mol. The fourth-order valence-electron chi connectivity index (χ4n) is 3.50. The molecule has 5 rings (SSSR count). The molecule has 0 unspecified atom stereocenters. The predicted molar refractivity (Wildman–Crippen MR) is 129 cm³/mol. The van der Waals surface area contributed by atoms with Crippen molar-refractivity contribution in [3.05, 3.63) is 100 Å². The molecule has 4 aromatic heterocycles. The van der Waals surface area contributed by atoms with Crippen LogP contribution in [-0.2, 0) is 13.2 Å². The summed E-state index contributed by atoms with van der Waals surface area (Å²) in [6, 6.07) is 19.2. The molecule has 0 aliphatic carbocycles. The molecule has 1 N–H and O–H groups in total. The third kappa shape index (κ3) is 4.75. The van der Waals surface area contributed by atoms with Crippen LogP contribution in [0.25, 0.3) is 11.0 Å². The van der Waals surface area contributed by atoms with Crippen LogP contribution in [0.2, 0.25) is 0 Å². The number of rotatable bonds is 7. The zero-order valence-corrected chi connectivity index (χ0v) is 18.7. The molecule has 7 nitrogen and oxygen atoms in total. The Morgan fingerprint density at radius 1 is 1.09 bits per heavy atom. The van der Waals surface area contributed by atoms with Crippen molar-refractivity contribution in [2.45, 2.75) is 20.1 Å². The Bertz CT molecular complexity index is 1380. The number of ether oxygens (including phenoxy) is 1. The minimum atomic E-state index is -0.235. The summed E-state index contributed by atoms with van der Waals surface area (Å²) in [5, 5.41) is 10.1. The van der Waals surface area contributed by atoms with Gasteiger partial charge in [0.1, 0.15) is 6.61 Å². The summed E-state index contributed by atoms with van der Waals surface area (Å²) in [4.78, 5) is 23.2. The van der Waals surface area contributed by atoms with E-state index in [2.05, 4.69) is 26.4 Å². The van der Waals surface area contributed by atoms with Crippen molar-refractivity contribution in [3.8, 4) is 5.88 Å². The molecule has 0 bridgehead atoms. The number of aryl methyl sites for hydroxylation is 1. The van der Waals surface area contributed by atoms with E-state index in [0.717, 1.165) is 11.3 Å². The maximum Gasteiger partial charge on any atom is 0.256 e. The molecule has 0 spiro atoms. The lowest BCUT2D eigenvalue weighted by Gasteiger charge is -2.09. The van der Waals surface area contributed by atoms with Crippen molar-refractivity contribution >= 4 is 34.0 Å². The molecular weight excluding hydrogens is 434 g/mol. The minimum Gasteiger partial charge on any atom is -0.473 e. The molecule has 0 saturated heterocycles. The maximum atomic E-state index is 13.1. The first-order chi connectivity index (χ1) is 16.2. The molecule has 0 radical (unpaired) electrons. The molecule has 0 aliphatic rings. The zero-order valence-electron chi connectivity index (χ0n) is 17.9. The normalized spacial score (nSPS) is 10.9. The summed E-state index contributed by atoms with van der Waals surface area (Å²) in [6.07, 6.45) is 3.28. The van der Waals surface area contributed by atoms with E-state index >= 15 is 0 Å². The number of pyridine rings is 2. The van der Waals surface area contributed by atoms with Gasteiger partial charge in [-0.3, -0.25) is 4.79 Å². The standard InChI is InChI=1S/C25H21N5O2S/c1-17-12-21(22-14-27-30(24(22)28-17)15-20-8-5-11-33-20)25(31)29-19-9-10-23(26-13-19)32-16-18-6-3-2-4-7-18/h2-14H,15-16H2,1H3,(H,29,31). The van der Waals surface area contributed by atoms with Gasteiger partial charge in [0.25, 0.3) is 5.91 Å². The highest BCUT2D eigenvalue weighted by Gasteiger charge is 2.16. The van der Waals surface area contributed by atoms with Gasteiger partial charge in [0.05, 0.1) is 35.6 Å². The quantitative estimate of drug-likeness (QED) is 0.370. The second-order valence-corrected chi connectivity index (χ2v) is 8.58. The highest BCUT2D eigenvalue weighted by Crippen LogP contribution is 2.22. The van der Waals surface area contributed by atoms with Crippen molar-refractivity contribution in [2.75, 3.05) is 5.32 Å². The third-order valence-electron chi connectivity index (χ3n) is 5.09. The summed E-state index contributed by atoms with van der Waals surface area (Å²) in [7, 11) is 0. The van der Waals surface area contributed by atoms with Crippen molar-refractivity contribution in [1.29, 1.82) is 0 Å². The van der Waals surface area contributed by atoms with Crippen LogP contribution in [0.3, 0.4) is 0 Å². The van der Waals surface area contributed by atoms with Crippen LogP contribution in [0.15, 0.2) is 78.4 Å². The first-order valence-corrected chi connectivity index (χ1v) is 11.3. The number of carbonyl (C=O) groups is 1. The number of hydrogen-bond donors (Lipinski definition) is 1. The third-order valence-corrected chi connectivity index (χ3v) is 5.95. The number of carbonyl (C=O) groups excluding carboxylic acids is 1. The number of aromatic nitrogens is 4. The molecule has 0 atom stereocenters. The van der Waals surface area contributed by atoms with Crippen LogP contribution < -0.4 is 10.1 Å². The number of fused-ring (bicyclic) bond motifs is 1. The Kier molecular flexibility index (Phi) is 5.82. The largest absolute Gasteiger partial charge is 0.473 e. The Labute approximate surface area is 194 Å². The van der Waals surface area contributed by atoms with Crippen LogP contribution >= 0.6 is 11.3 Å². The van der Waals surface area contributed by atoms with Gasteiger partial charge in [0.2, 0.25) is 5.88 Å².